The Morgan fingerprint density at radius 1 is 1.57 bits per heavy atom. The molecule has 0 bridgehead atoms. The van der Waals surface area contributed by atoms with E-state index >= 15 is 0 Å². The van der Waals surface area contributed by atoms with Gasteiger partial charge in [0.25, 0.3) is 0 Å². The molecule has 0 aliphatic carbocycles. The quantitative estimate of drug-likeness (QED) is 0.564. The molecule has 1 aromatic carbocycles. The minimum atomic E-state index is -0.184. The van der Waals surface area contributed by atoms with Crippen LogP contribution in [0.1, 0.15) is 22.8 Å². The first-order valence-electron chi connectivity index (χ1n) is 3.98. The molecule has 4 nitrogen and oxygen atoms in total. The molecule has 4 heteroatoms. The number of hydrogen-bond donors (Lipinski definition) is 1. The fourth-order valence-corrected chi connectivity index (χ4v) is 1.16. The van der Waals surface area contributed by atoms with Crippen LogP contribution in [-0.4, -0.2) is 12.9 Å². The van der Waals surface area contributed by atoms with Gasteiger partial charge in [-0.05, 0) is 13.0 Å². The maximum atomic E-state index is 11.1. The molecule has 0 atom stereocenters. The third-order valence-electron chi connectivity index (χ3n) is 1.87. The maximum Gasteiger partial charge on any atom is 0.161 e. The van der Waals surface area contributed by atoms with E-state index in [-0.39, 0.29) is 11.3 Å². The highest BCUT2D eigenvalue weighted by Gasteiger charge is 2.11. The second kappa shape index (κ2) is 3.79. The number of rotatable bonds is 2. The zero-order chi connectivity index (χ0) is 10.7. The van der Waals surface area contributed by atoms with Crippen molar-refractivity contribution < 1.29 is 9.53 Å². The molecule has 0 aliphatic heterocycles. The van der Waals surface area contributed by atoms with Gasteiger partial charge in [-0.1, -0.05) is 0 Å². The molecule has 0 saturated carbocycles. The van der Waals surface area contributed by atoms with Gasteiger partial charge in [0.15, 0.2) is 5.78 Å². The van der Waals surface area contributed by atoms with Crippen LogP contribution >= 0.6 is 0 Å². The molecule has 0 fully saturated rings. The monoisotopic (exact) mass is 190 g/mol. The Hall–Kier alpha value is -2.02. The summed E-state index contributed by atoms with van der Waals surface area (Å²) in [5, 5.41) is 8.78. The highest BCUT2D eigenvalue weighted by Crippen LogP contribution is 2.25. The van der Waals surface area contributed by atoms with Crippen molar-refractivity contribution in [2.45, 2.75) is 6.92 Å². The van der Waals surface area contributed by atoms with Gasteiger partial charge in [0.1, 0.15) is 11.8 Å². The van der Waals surface area contributed by atoms with Gasteiger partial charge in [-0.2, -0.15) is 5.26 Å². The second-order valence-electron chi connectivity index (χ2n) is 2.81. The molecule has 0 aromatic heterocycles. The summed E-state index contributed by atoms with van der Waals surface area (Å²) in [7, 11) is 1.46. The minimum Gasteiger partial charge on any atom is -0.495 e. The molecule has 0 amide bonds. The predicted octanol–water partition coefficient (Wildman–Crippen LogP) is 1.35. The van der Waals surface area contributed by atoms with Crippen molar-refractivity contribution in [3.63, 3.8) is 0 Å². The lowest BCUT2D eigenvalue weighted by Crippen LogP contribution is -2.01. The fraction of sp³-hybridized carbons (Fsp3) is 0.200. The number of nitriles is 1. The van der Waals surface area contributed by atoms with Crippen molar-refractivity contribution in [1.29, 1.82) is 5.26 Å². The number of ether oxygens (including phenoxy) is 1. The second-order valence-corrected chi connectivity index (χ2v) is 2.81. The summed E-state index contributed by atoms with van der Waals surface area (Å²) in [5.41, 5.74) is 6.57. The van der Waals surface area contributed by atoms with E-state index in [1.54, 1.807) is 0 Å². The largest absolute Gasteiger partial charge is 0.495 e. The zero-order valence-electron chi connectivity index (χ0n) is 8.00. The number of anilines is 1. The first kappa shape index (κ1) is 10.1. The molecule has 0 heterocycles. The zero-order valence-corrected chi connectivity index (χ0v) is 8.00. The van der Waals surface area contributed by atoms with E-state index in [1.165, 1.54) is 26.2 Å². The number of carbonyl (C=O) groups excluding carboxylic acids is 1. The lowest BCUT2D eigenvalue weighted by molar-refractivity contribution is 0.101. The summed E-state index contributed by atoms with van der Waals surface area (Å²) < 4.78 is 4.93. The average molecular weight is 190 g/mol. The number of carbonyl (C=O) groups is 1. The van der Waals surface area contributed by atoms with E-state index in [1.807, 2.05) is 6.07 Å². The highest BCUT2D eigenvalue weighted by molar-refractivity contribution is 5.97. The number of hydrogen-bond acceptors (Lipinski definition) is 4. The van der Waals surface area contributed by atoms with Gasteiger partial charge in [-0.3, -0.25) is 4.79 Å². The molecule has 1 rings (SSSR count). The molecular weight excluding hydrogens is 180 g/mol. The van der Waals surface area contributed by atoms with Gasteiger partial charge in [0, 0.05) is 11.6 Å². The molecule has 0 spiro atoms. The number of nitrogens with two attached hydrogens (primary N) is 1. The van der Waals surface area contributed by atoms with Crippen LogP contribution in [0.4, 0.5) is 5.69 Å². The standard InChI is InChI=1S/C10H10N2O2/c1-6(13)8-4-9(12)10(14-2)3-7(8)5-11/h3-4H,12H2,1-2H3. The Balaban J connectivity index is 3.41. The number of nitrogen functional groups attached to an aromatic ring is 1. The van der Waals surface area contributed by atoms with Gasteiger partial charge in [-0.25, -0.2) is 0 Å². The van der Waals surface area contributed by atoms with Crippen LogP contribution in [0, 0.1) is 11.3 Å². The van der Waals surface area contributed by atoms with E-state index < -0.39 is 0 Å². The number of nitrogens with zero attached hydrogens (tertiary/aromatic N) is 1. The Labute approximate surface area is 81.9 Å². The van der Waals surface area contributed by atoms with Crippen LogP contribution in [0.2, 0.25) is 0 Å². The first-order chi connectivity index (χ1) is 6.60. The Bertz CT molecular complexity index is 419. The summed E-state index contributed by atoms with van der Waals surface area (Å²) in [6, 6.07) is 4.84. The minimum absolute atomic E-state index is 0.184. The third-order valence-corrected chi connectivity index (χ3v) is 1.87. The summed E-state index contributed by atoms with van der Waals surface area (Å²) >= 11 is 0. The molecule has 0 radical (unpaired) electrons. The van der Waals surface area contributed by atoms with Gasteiger partial charge >= 0.3 is 0 Å². The molecule has 2 N–H and O–H groups in total. The average Bonchev–Trinajstić information content (AvgIpc) is 2.17. The normalized spacial score (nSPS) is 9.21. The Morgan fingerprint density at radius 3 is 2.64 bits per heavy atom. The van der Waals surface area contributed by atoms with Crippen LogP contribution in [0.3, 0.4) is 0 Å². The van der Waals surface area contributed by atoms with Crippen molar-refractivity contribution in [3.8, 4) is 11.8 Å². The van der Waals surface area contributed by atoms with Gasteiger partial charge in [0.2, 0.25) is 0 Å². The summed E-state index contributed by atoms with van der Waals surface area (Å²) in [4.78, 5) is 11.1. The molecular formula is C10H10N2O2. The van der Waals surface area contributed by atoms with E-state index in [0.717, 1.165) is 0 Å². The number of ketones is 1. The lowest BCUT2D eigenvalue weighted by atomic mass is 10.0. The molecule has 1 aromatic rings. The number of methoxy groups -OCH3 is 1. The van der Waals surface area contributed by atoms with Crippen molar-refractivity contribution in [3.05, 3.63) is 23.3 Å². The predicted molar refractivity (Wildman–Crippen MR) is 52.1 cm³/mol. The van der Waals surface area contributed by atoms with E-state index in [4.69, 9.17) is 15.7 Å². The van der Waals surface area contributed by atoms with Crippen LogP contribution in [0.5, 0.6) is 5.75 Å². The highest BCUT2D eigenvalue weighted by atomic mass is 16.5. The Morgan fingerprint density at radius 2 is 2.21 bits per heavy atom. The molecule has 72 valence electrons. The molecule has 0 aliphatic rings. The Kier molecular flexibility index (Phi) is 2.73. The van der Waals surface area contributed by atoms with Gasteiger partial charge in [0.05, 0.1) is 18.4 Å². The van der Waals surface area contributed by atoms with E-state index in [9.17, 15) is 4.79 Å². The van der Waals surface area contributed by atoms with Crippen molar-refractivity contribution >= 4 is 11.5 Å². The van der Waals surface area contributed by atoms with Gasteiger partial charge < -0.3 is 10.5 Å². The number of Topliss-reactive ketones (excluding diaryl/α,β-unsaturated/α-hetero) is 1. The molecule has 0 saturated heterocycles. The van der Waals surface area contributed by atoms with Gasteiger partial charge in [-0.15, -0.1) is 0 Å². The van der Waals surface area contributed by atoms with E-state index in [0.29, 0.717) is 17.0 Å². The fourth-order valence-electron chi connectivity index (χ4n) is 1.16. The van der Waals surface area contributed by atoms with Crippen LogP contribution in [0.25, 0.3) is 0 Å². The van der Waals surface area contributed by atoms with Crippen molar-refractivity contribution in [2.75, 3.05) is 12.8 Å². The van der Waals surface area contributed by atoms with Crippen LogP contribution in [-0.2, 0) is 0 Å². The third kappa shape index (κ3) is 1.67. The van der Waals surface area contributed by atoms with Crippen LogP contribution in [0.15, 0.2) is 12.1 Å². The smallest absolute Gasteiger partial charge is 0.161 e. The maximum absolute atomic E-state index is 11.1. The van der Waals surface area contributed by atoms with Crippen LogP contribution < -0.4 is 10.5 Å². The molecule has 0 unspecified atom stereocenters. The SMILES string of the molecule is COc1cc(C#N)c(C(C)=O)cc1N. The topological polar surface area (TPSA) is 76.1 Å². The lowest BCUT2D eigenvalue weighted by Gasteiger charge is -2.07. The first-order valence-corrected chi connectivity index (χ1v) is 3.98. The summed E-state index contributed by atoms with van der Waals surface area (Å²) in [6.45, 7) is 1.39. The van der Waals surface area contributed by atoms with Crippen molar-refractivity contribution in [1.82, 2.24) is 0 Å². The molecule has 14 heavy (non-hydrogen) atoms. The van der Waals surface area contributed by atoms with E-state index in [2.05, 4.69) is 0 Å². The van der Waals surface area contributed by atoms with Crippen molar-refractivity contribution in [2.24, 2.45) is 0 Å². The summed E-state index contributed by atoms with van der Waals surface area (Å²) in [6.07, 6.45) is 0. The summed E-state index contributed by atoms with van der Waals surface area (Å²) in [5.74, 6) is 0.224. The number of benzene rings is 1.